The first-order valence-electron chi connectivity index (χ1n) is 8.86. The van der Waals surface area contributed by atoms with Crippen molar-refractivity contribution in [3.63, 3.8) is 0 Å². The van der Waals surface area contributed by atoms with E-state index in [9.17, 15) is 0 Å². The van der Waals surface area contributed by atoms with Gasteiger partial charge in [0.05, 0.1) is 24.7 Å². The molecule has 0 spiro atoms. The topological polar surface area (TPSA) is 27.1 Å². The van der Waals surface area contributed by atoms with Gasteiger partial charge in [0.2, 0.25) is 0 Å². The van der Waals surface area contributed by atoms with Gasteiger partial charge in [-0.2, -0.15) is 0 Å². The summed E-state index contributed by atoms with van der Waals surface area (Å²) in [6.07, 6.45) is 4.04. The Kier molecular flexibility index (Phi) is 5.38. The highest BCUT2D eigenvalue weighted by molar-refractivity contribution is 6.36. The second kappa shape index (κ2) is 8.09. The molecule has 0 aliphatic heterocycles. The highest BCUT2D eigenvalue weighted by atomic mass is 35.5. The maximum atomic E-state index is 6.40. The van der Waals surface area contributed by atoms with Crippen molar-refractivity contribution in [1.82, 2.24) is 9.55 Å². The number of fused-ring (bicyclic) bond motifs is 1. The van der Waals surface area contributed by atoms with E-state index in [1.165, 1.54) is 0 Å². The number of hydrogen-bond donors (Lipinski definition) is 0. The van der Waals surface area contributed by atoms with Crippen LogP contribution in [0.3, 0.4) is 0 Å². The van der Waals surface area contributed by atoms with Gasteiger partial charge in [0, 0.05) is 15.6 Å². The predicted octanol–water partition coefficient (Wildman–Crippen LogP) is 6.57. The van der Waals surface area contributed by atoms with Crippen molar-refractivity contribution in [3.05, 3.63) is 93.7 Å². The number of nitrogens with zero attached hydrogens (tertiary/aromatic N) is 2. The second-order valence-corrected chi connectivity index (χ2v) is 7.17. The summed E-state index contributed by atoms with van der Waals surface area (Å²) in [6.45, 7) is 0.543. The van der Waals surface area contributed by atoms with Crippen LogP contribution in [-0.2, 0) is 6.54 Å². The van der Waals surface area contributed by atoms with E-state index >= 15 is 0 Å². The summed E-state index contributed by atoms with van der Waals surface area (Å²) in [5, 5.41) is 1.30. The molecule has 0 radical (unpaired) electrons. The first-order chi connectivity index (χ1) is 13.7. The molecule has 0 saturated heterocycles. The molecule has 1 aromatic heterocycles. The van der Waals surface area contributed by atoms with E-state index in [0.29, 0.717) is 16.6 Å². The number of para-hydroxylation sites is 2. The Balaban J connectivity index is 1.75. The van der Waals surface area contributed by atoms with Crippen molar-refractivity contribution in [2.24, 2.45) is 0 Å². The third-order valence-electron chi connectivity index (χ3n) is 4.60. The summed E-state index contributed by atoms with van der Waals surface area (Å²) in [7, 11) is 1.66. The minimum Gasteiger partial charge on any atom is -0.497 e. The zero-order valence-electron chi connectivity index (χ0n) is 15.3. The van der Waals surface area contributed by atoms with Crippen LogP contribution in [0.2, 0.25) is 10.0 Å². The highest BCUT2D eigenvalue weighted by Crippen LogP contribution is 2.28. The molecule has 0 N–H and O–H groups in total. The van der Waals surface area contributed by atoms with E-state index in [4.69, 9.17) is 32.9 Å². The lowest BCUT2D eigenvalue weighted by Crippen LogP contribution is -2.03. The van der Waals surface area contributed by atoms with E-state index in [-0.39, 0.29) is 0 Å². The fourth-order valence-corrected chi connectivity index (χ4v) is 3.63. The fourth-order valence-electron chi connectivity index (χ4n) is 3.11. The summed E-state index contributed by atoms with van der Waals surface area (Å²) < 4.78 is 7.34. The zero-order chi connectivity index (χ0) is 19.5. The van der Waals surface area contributed by atoms with Crippen molar-refractivity contribution >= 4 is 46.4 Å². The van der Waals surface area contributed by atoms with Crippen molar-refractivity contribution < 1.29 is 4.74 Å². The molecular formula is C23H18Cl2N2O. The van der Waals surface area contributed by atoms with Crippen LogP contribution in [0, 0.1) is 0 Å². The van der Waals surface area contributed by atoms with Crippen LogP contribution in [0.5, 0.6) is 5.75 Å². The minimum atomic E-state index is 0.543. The minimum absolute atomic E-state index is 0.543. The van der Waals surface area contributed by atoms with Crippen LogP contribution in [0.4, 0.5) is 0 Å². The molecule has 0 saturated carbocycles. The maximum absolute atomic E-state index is 6.40. The van der Waals surface area contributed by atoms with Gasteiger partial charge in [-0.25, -0.2) is 4.98 Å². The van der Waals surface area contributed by atoms with E-state index in [1.807, 2.05) is 72.8 Å². The number of aromatic nitrogens is 2. The molecule has 0 aliphatic rings. The summed E-state index contributed by atoms with van der Waals surface area (Å²) >= 11 is 12.8. The van der Waals surface area contributed by atoms with E-state index in [1.54, 1.807) is 7.11 Å². The van der Waals surface area contributed by atoms with Crippen molar-refractivity contribution in [1.29, 1.82) is 0 Å². The number of benzene rings is 3. The Morgan fingerprint density at radius 3 is 2.32 bits per heavy atom. The van der Waals surface area contributed by atoms with E-state index < -0.39 is 0 Å². The third-order valence-corrected chi connectivity index (χ3v) is 5.31. The van der Waals surface area contributed by atoms with Gasteiger partial charge in [0.15, 0.2) is 0 Å². The fraction of sp³-hybridized carbons (Fsp3) is 0.0870. The Bertz CT molecular complexity index is 1130. The molecule has 3 aromatic carbocycles. The number of halogens is 2. The molecule has 1 heterocycles. The Morgan fingerprint density at radius 1 is 0.893 bits per heavy atom. The standard InChI is InChI=1S/C23H18Cl2N2O/c1-28-17-12-9-16(10-13-17)11-14-23-26-21-7-2-3-8-22(21)27(23)15-18-19(24)5-4-6-20(18)25/h2-14H,15H2,1H3/b14-11+. The van der Waals surface area contributed by atoms with Gasteiger partial charge < -0.3 is 9.30 Å². The molecular weight excluding hydrogens is 391 g/mol. The van der Waals surface area contributed by atoms with Crippen LogP contribution in [0.25, 0.3) is 23.2 Å². The van der Waals surface area contributed by atoms with Crippen LogP contribution >= 0.6 is 23.2 Å². The summed E-state index contributed by atoms with van der Waals surface area (Å²) in [6, 6.07) is 21.5. The lowest BCUT2D eigenvalue weighted by molar-refractivity contribution is 0.415. The molecule has 0 amide bonds. The molecule has 5 heteroatoms. The average Bonchev–Trinajstić information content (AvgIpc) is 3.07. The van der Waals surface area contributed by atoms with Gasteiger partial charge >= 0.3 is 0 Å². The van der Waals surface area contributed by atoms with Crippen LogP contribution in [0.1, 0.15) is 17.0 Å². The monoisotopic (exact) mass is 408 g/mol. The molecule has 0 aliphatic carbocycles. The first kappa shape index (κ1) is 18.6. The molecule has 140 valence electrons. The second-order valence-electron chi connectivity index (χ2n) is 6.35. The maximum Gasteiger partial charge on any atom is 0.134 e. The molecule has 3 nitrogen and oxygen atoms in total. The lowest BCUT2D eigenvalue weighted by atomic mass is 10.2. The van der Waals surface area contributed by atoms with Gasteiger partial charge in [-0.3, -0.25) is 0 Å². The third kappa shape index (κ3) is 3.77. The molecule has 4 rings (SSSR count). The zero-order valence-corrected chi connectivity index (χ0v) is 16.8. The summed E-state index contributed by atoms with van der Waals surface area (Å²) in [4.78, 5) is 4.78. The van der Waals surface area contributed by atoms with Crippen molar-refractivity contribution in [2.45, 2.75) is 6.54 Å². The Morgan fingerprint density at radius 2 is 1.61 bits per heavy atom. The van der Waals surface area contributed by atoms with Gasteiger partial charge in [-0.1, -0.05) is 59.6 Å². The highest BCUT2D eigenvalue weighted by Gasteiger charge is 2.12. The van der Waals surface area contributed by atoms with Crippen LogP contribution < -0.4 is 4.74 Å². The number of methoxy groups -OCH3 is 1. The lowest BCUT2D eigenvalue weighted by Gasteiger charge is -2.11. The molecule has 0 bridgehead atoms. The van der Waals surface area contributed by atoms with Gasteiger partial charge in [0.25, 0.3) is 0 Å². The number of rotatable bonds is 5. The number of imidazole rings is 1. The van der Waals surface area contributed by atoms with Crippen molar-refractivity contribution in [3.8, 4) is 5.75 Å². The van der Waals surface area contributed by atoms with E-state index in [0.717, 1.165) is 33.7 Å². The largest absolute Gasteiger partial charge is 0.497 e. The Labute approximate surface area is 173 Å². The summed E-state index contributed by atoms with van der Waals surface area (Å²) in [5.41, 5.74) is 3.91. The van der Waals surface area contributed by atoms with Gasteiger partial charge in [-0.15, -0.1) is 0 Å². The number of ether oxygens (including phenoxy) is 1. The predicted molar refractivity (Wildman–Crippen MR) is 117 cm³/mol. The first-order valence-corrected chi connectivity index (χ1v) is 9.61. The van der Waals surface area contributed by atoms with Crippen LogP contribution in [0.15, 0.2) is 66.7 Å². The molecule has 0 fully saturated rings. The van der Waals surface area contributed by atoms with Crippen molar-refractivity contribution in [2.75, 3.05) is 7.11 Å². The number of hydrogen-bond acceptors (Lipinski definition) is 2. The van der Waals surface area contributed by atoms with Gasteiger partial charge in [-0.05, 0) is 48.0 Å². The smallest absolute Gasteiger partial charge is 0.134 e. The average molecular weight is 409 g/mol. The van der Waals surface area contributed by atoms with Gasteiger partial charge in [0.1, 0.15) is 11.6 Å². The van der Waals surface area contributed by atoms with E-state index in [2.05, 4.69) is 10.6 Å². The normalized spacial score (nSPS) is 11.4. The summed E-state index contributed by atoms with van der Waals surface area (Å²) in [5.74, 6) is 1.67. The SMILES string of the molecule is COc1ccc(/C=C/c2nc3ccccc3n2Cc2c(Cl)cccc2Cl)cc1. The molecule has 4 aromatic rings. The van der Waals surface area contributed by atoms with Crippen LogP contribution in [-0.4, -0.2) is 16.7 Å². The molecule has 28 heavy (non-hydrogen) atoms. The Hall–Kier alpha value is -2.75. The quantitative estimate of drug-likeness (QED) is 0.373. The molecule has 0 atom stereocenters. The molecule has 0 unspecified atom stereocenters.